The Hall–Kier alpha value is -1.63. The third kappa shape index (κ3) is 3.27. The lowest BCUT2D eigenvalue weighted by atomic mass is 10.2. The Balaban J connectivity index is 2.12. The number of benzene rings is 1. The predicted octanol–water partition coefficient (Wildman–Crippen LogP) is 1.30. The van der Waals surface area contributed by atoms with Gasteiger partial charge in [0, 0.05) is 25.5 Å². The maximum Gasteiger partial charge on any atom is 0.242 e. The van der Waals surface area contributed by atoms with Crippen LogP contribution in [0.3, 0.4) is 0 Å². The molecule has 0 aliphatic carbocycles. The van der Waals surface area contributed by atoms with Crippen LogP contribution in [0.25, 0.3) is 0 Å². The minimum Gasteiger partial charge on any atom is -0.390 e. The average molecular weight is 294 g/mol. The number of nitrogens with zero attached hydrogens (tertiary/aromatic N) is 1. The first kappa shape index (κ1) is 14.8. The number of aryl methyl sites for hydroxylation is 2. The van der Waals surface area contributed by atoms with Crippen LogP contribution in [-0.4, -0.2) is 18.1 Å². The van der Waals surface area contributed by atoms with E-state index in [1.807, 2.05) is 31.2 Å². The Morgan fingerprint density at radius 2 is 1.90 bits per heavy atom. The summed E-state index contributed by atoms with van der Waals surface area (Å²) >= 11 is 0. The summed E-state index contributed by atoms with van der Waals surface area (Å²) in [4.78, 5) is 0.163. The van der Waals surface area contributed by atoms with Gasteiger partial charge in [-0.25, -0.2) is 13.1 Å². The molecule has 0 aliphatic rings. The molecule has 1 aromatic carbocycles. The van der Waals surface area contributed by atoms with Gasteiger partial charge >= 0.3 is 0 Å². The number of aliphatic hydroxyl groups is 1. The summed E-state index contributed by atoms with van der Waals surface area (Å²) in [5, 5.41) is 9.10. The average Bonchev–Trinajstić information content (AvgIpc) is 2.80. The number of hydrogen-bond donors (Lipinski definition) is 2. The zero-order chi connectivity index (χ0) is 14.8. The Labute approximate surface area is 118 Å². The lowest BCUT2D eigenvalue weighted by Gasteiger charge is -2.05. The SMILES string of the molecule is Cc1ccc(CNS(=O)(=O)c2cc(CO)n(C)c2)cc1. The van der Waals surface area contributed by atoms with Gasteiger partial charge in [0.05, 0.1) is 11.5 Å². The molecule has 108 valence electrons. The predicted molar refractivity (Wildman–Crippen MR) is 76.5 cm³/mol. The minimum atomic E-state index is -3.56. The van der Waals surface area contributed by atoms with Crippen molar-refractivity contribution >= 4 is 10.0 Å². The van der Waals surface area contributed by atoms with Crippen molar-refractivity contribution in [1.29, 1.82) is 0 Å². The van der Waals surface area contributed by atoms with E-state index in [1.165, 1.54) is 12.3 Å². The Kier molecular flexibility index (Phi) is 4.27. The van der Waals surface area contributed by atoms with Crippen molar-refractivity contribution in [2.75, 3.05) is 0 Å². The van der Waals surface area contributed by atoms with E-state index in [0.29, 0.717) is 5.69 Å². The molecular weight excluding hydrogens is 276 g/mol. The summed E-state index contributed by atoms with van der Waals surface area (Å²) in [5.41, 5.74) is 2.59. The molecular formula is C14H18N2O3S. The molecule has 20 heavy (non-hydrogen) atoms. The van der Waals surface area contributed by atoms with Gasteiger partial charge in [0.1, 0.15) is 0 Å². The lowest BCUT2D eigenvalue weighted by molar-refractivity contribution is 0.272. The van der Waals surface area contributed by atoms with Crippen molar-refractivity contribution < 1.29 is 13.5 Å². The first-order valence-electron chi connectivity index (χ1n) is 6.23. The lowest BCUT2D eigenvalue weighted by Crippen LogP contribution is -2.22. The highest BCUT2D eigenvalue weighted by Gasteiger charge is 2.16. The quantitative estimate of drug-likeness (QED) is 0.873. The smallest absolute Gasteiger partial charge is 0.242 e. The highest BCUT2D eigenvalue weighted by molar-refractivity contribution is 7.89. The Bertz CT molecular complexity index is 688. The molecule has 0 fully saturated rings. The number of sulfonamides is 1. The van der Waals surface area contributed by atoms with Crippen LogP contribution in [0.1, 0.15) is 16.8 Å². The Morgan fingerprint density at radius 3 is 2.45 bits per heavy atom. The van der Waals surface area contributed by atoms with E-state index in [-0.39, 0.29) is 18.0 Å². The zero-order valence-corrected chi connectivity index (χ0v) is 12.3. The molecule has 1 aromatic heterocycles. The third-order valence-electron chi connectivity index (χ3n) is 3.14. The van der Waals surface area contributed by atoms with Gasteiger partial charge in [-0.2, -0.15) is 0 Å². The molecule has 0 amide bonds. The molecule has 2 aromatic rings. The van der Waals surface area contributed by atoms with E-state index in [2.05, 4.69) is 4.72 Å². The van der Waals surface area contributed by atoms with E-state index in [1.54, 1.807) is 11.6 Å². The van der Waals surface area contributed by atoms with Crippen LogP contribution in [0.2, 0.25) is 0 Å². The molecule has 0 spiro atoms. The fourth-order valence-electron chi connectivity index (χ4n) is 1.85. The van der Waals surface area contributed by atoms with Crippen molar-refractivity contribution in [2.45, 2.75) is 25.0 Å². The molecule has 0 atom stereocenters. The van der Waals surface area contributed by atoms with Gasteiger partial charge in [0.25, 0.3) is 0 Å². The number of rotatable bonds is 5. The summed E-state index contributed by atoms with van der Waals surface area (Å²) in [5.74, 6) is 0. The zero-order valence-electron chi connectivity index (χ0n) is 11.5. The van der Waals surface area contributed by atoms with Gasteiger partial charge in [0.15, 0.2) is 0 Å². The monoisotopic (exact) mass is 294 g/mol. The van der Waals surface area contributed by atoms with Crippen LogP contribution >= 0.6 is 0 Å². The molecule has 5 nitrogen and oxygen atoms in total. The molecule has 0 aliphatic heterocycles. The largest absolute Gasteiger partial charge is 0.390 e. The second-order valence-corrected chi connectivity index (χ2v) is 6.51. The number of aromatic nitrogens is 1. The molecule has 0 saturated carbocycles. The van der Waals surface area contributed by atoms with Crippen LogP contribution in [0.4, 0.5) is 0 Å². The van der Waals surface area contributed by atoms with Gasteiger partial charge in [-0.3, -0.25) is 0 Å². The van der Waals surface area contributed by atoms with Crippen molar-refractivity contribution in [3.05, 3.63) is 53.3 Å². The van der Waals surface area contributed by atoms with Crippen LogP contribution in [0.15, 0.2) is 41.4 Å². The topological polar surface area (TPSA) is 71.3 Å². The molecule has 0 saturated heterocycles. The second kappa shape index (κ2) is 5.78. The van der Waals surface area contributed by atoms with Gasteiger partial charge in [-0.15, -0.1) is 0 Å². The van der Waals surface area contributed by atoms with E-state index in [9.17, 15) is 8.42 Å². The minimum absolute atomic E-state index is 0.163. The summed E-state index contributed by atoms with van der Waals surface area (Å²) < 4.78 is 28.4. The molecule has 0 radical (unpaired) electrons. The van der Waals surface area contributed by atoms with Crippen LogP contribution < -0.4 is 4.72 Å². The maximum atomic E-state index is 12.1. The van der Waals surface area contributed by atoms with Crippen LogP contribution in [-0.2, 0) is 30.2 Å². The molecule has 0 unspecified atom stereocenters. The van der Waals surface area contributed by atoms with E-state index < -0.39 is 10.0 Å². The molecule has 6 heteroatoms. The van der Waals surface area contributed by atoms with E-state index in [4.69, 9.17) is 5.11 Å². The van der Waals surface area contributed by atoms with E-state index in [0.717, 1.165) is 11.1 Å². The first-order valence-corrected chi connectivity index (χ1v) is 7.72. The number of aliphatic hydroxyl groups excluding tert-OH is 1. The summed E-state index contributed by atoms with van der Waals surface area (Å²) in [6.45, 7) is 2.03. The maximum absolute atomic E-state index is 12.1. The van der Waals surface area contributed by atoms with Crippen molar-refractivity contribution in [2.24, 2.45) is 7.05 Å². The summed E-state index contributed by atoms with van der Waals surface area (Å²) in [6, 6.07) is 9.13. The fourth-order valence-corrected chi connectivity index (χ4v) is 2.96. The van der Waals surface area contributed by atoms with Crippen LogP contribution in [0.5, 0.6) is 0 Å². The molecule has 2 N–H and O–H groups in total. The van der Waals surface area contributed by atoms with Gasteiger partial charge in [-0.05, 0) is 18.6 Å². The number of nitrogens with one attached hydrogen (secondary N) is 1. The van der Waals surface area contributed by atoms with Gasteiger partial charge in [-0.1, -0.05) is 29.8 Å². The van der Waals surface area contributed by atoms with Gasteiger partial charge in [0.2, 0.25) is 10.0 Å². The fraction of sp³-hybridized carbons (Fsp3) is 0.286. The highest BCUT2D eigenvalue weighted by Crippen LogP contribution is 2.14. The van der Waals surface area contributed by atoms with Crippen LogP contribution in [0, 0.1) is 6.92 Å². The highest BCUT2D eigenvalue weighted by atomic mass is 32.2. The number of hydrogen-bond acceptors (Lipinski definition) is 3. The normalized spacial score (nSPS) is 11.8. The molecule has 0 bridgehead atoms. The summed E-state index contributed by atoms with van der Waals surface area (Å²) in [7, 11) is -1.86. The third-order valence-corrected chi connectivity index (χ3v) is 4.51. The van der Waals surface area contributed by atoms with Crippen molar-refractivity contribution in [3.63, 3.8) is 0 Å². The van der Waals surface area contributed by atoms with Crippen molar-refractivity contribution in [3.8, 4) is 0 Å². The molecule has 2 rings (SSSR count). The molecule has 1 heterocycles. The first-order chi connectivity index (χ1) is 9.42. The Morgan fingerprint density at radius 1 is 1.25 bits per heavy atom. The van der Waals surface area contributed by atoms with Crippen molar-refractivity contribution in [1.82, 2.24) is 9.29 Å². The standard InChI is InChI=1S/C14H18N2O3S/c1-11-3-5-12(6-4-11)8-15-20(18,19)14-7-13(10-17)16(2)9-14/h3-7,9,15,17H,8,10H2,1-2H3. The summed E-state index contributed by atoms with van der Waals surface area (Å²) in [6.07, 6.45) is 1.49. The van der Waals surface area contributed by atoms with Gasteiger partial charge < -0.3 is 9.67 Å². The van der Waals surface area contributed by atoms with E-state index >= 15 is 0 Å². The second-order valence-electron chi connectivity index (χ2n) is 4.75.